The maximum atomic E-state index is 12.6. The number of sulfonamides is 1. The van der Waals surface area contributed by atoms with Gasteiger partial charge in [0, 0.05) is 24.5 Å². The van der Waals surface area contributed by atoms with Gasteiger partial charge >= 0.3 is 0 Å². The van der Waals surface area contributed by atoms with E-state index >= 15 is 0 Å². The minimum atomic E-state index is -3.51. The van der Waals surface area contributed by atoms with Crippen LogP contribution in [0.15, 0.2) is 27.6 Å². The summed E-state index contributed by atoms with van der Waals surface area (Å²) in [5, 5.41) is 2.63. The highest BCUT2D eigenvalue weighted by Crippen LogP contribution is 2.29. The lowest BCUT2D eigenvalue weighted by Gasteiger charge is -2.17. The number of carbonyl (C=O) groups is 1. The molecule has 22 heavy (non-hydrogen) atoms. The third-order valence-electron chi connectivity index (χ3n) is 3.47. The second kappa shape index (κ2) is 7.74. The molecule has 1 unspecified atom stereocenters. The number of benzene rings is 1. The van der Waals surface area contributed by atoms with Gasteiger partial charge in [0.05, 0.1) is 10.6 Å². The lowest BCUT2D eigenvalue weighted by Crippen LogP contribution is -2.30. The third kappa shape index (κ3) is 4.20. The van der Waals surface area contributed by atoms with Crippen molar-refractivity contribution in [1.29, 1.82) is 0 Å². The van der Waals surface area contributed by atoms with Gasteiger partial charge in [-0.3, -0.25) is 4.79 Å². The molecule has 1 aromatic rings. The summed E-state index contributed by atoms with van der Waals surface area (Å²) < 4.78 is 27.1. The smallest absolute Gasteiger partial charge is 0.243 e. The molecule has 1 aliphatic heterocycles. The van der Waals surface area contributed by atoms with E-state index in [9.17, 15) is 13.2 Å². The number of amides is 1. The summed E-state index contributed by atoms with van der Waals surface area (Å²) in [7, 11) is -3.51. The van der Waals surface area contributed by atoms with E-state index in [2.05, 4.69) is 21.2 Å². The molecule has 0 aliphatic carbocycles. The van der Waals surface area contributed by atoms with Crippen molar-refractivity contribution in [2.24, 2.45) is 11.7 Å². The molecule has 0 aromatic heterocycles. The molecule has 3 N–H and O–H groups in total. The monoisotopic (exact) mass is 411 g/mol. The van der Waals surface area contributed by atoms with E-state index in [0.717, 1.165) is 6.42 Å². The second-order valence-electron chi connectivity index (χ2n) is 5.08. The van der Waals surface area contributed by atoms with Crippen LogP contribution in [0.4, 0.5) is 5.69 Å². The van der Waals surface area contributed by atoms with Crippen molar-refractivity contribution in [3.63, 3.8) is 0 Å². The number of nitrogens with one attached hydrogen (secondary N) is 1. The van der Waals surface area contributed by atoms with E-state index in [1.54, 1.807) is 6.07 Å². The van der Waals surface area contributed by atoms with Gasteiger partial charge in [-0.1, -0.05) is 0 Å². The zero-order valence-electron chi connectivity index (χ0n) is 12.1. The van der Waals surface area contributed by atoms with Gasteiger partial charge in [-0.05, 0) is 53.0 Å². The summed E-state index contributed by atoms with van der Waals surface area (Å²) in [4.78, 5) is 11.3. The highest BCUT2D eigenvalue weighted by atomic mass is 79.9. The number of nitrogens with two attached hydrogens (primary N) is 1. The largest absolute Gasteiger partial charge is 0.330 e. The summed E-state index contributed by atoms with van der Waals surface area (Å²) >= 11 is 3.28. The summed E-state index contributed by atoms with van der Waals surface area (Å²) in [6.45, 7) is 2.85. The highest BCUT2D eigenvalue weighted by Gasteiger charge is 2.32. The molecule has 2 rings (SSSR count). The molecule has 1 fully saturated rings. The lowest BCUT2D eigenvalue weighted by molar-refractivity contribution is -0.114. The second-order valence-corrected chi connectivity index (χ2v) is 7.87. The van der Waals surface area contributed by atoms with Crippen LogP contribution < -0.4 is 11.1 Å². The molecule has 0 radical (unpaired) electrons. The highest BCUT2D eigenvalue weighted by molar-refractivity contribution is 9.10. The van der Waals surface area contributed by atoms with Crippen molar-refractivity contribution in [3.8, 4) is 0 Å². The van der Waals surface area contributed by atoms with Crippen LogP contribution in [0.1, 0.15) is 13.3 Å². The van der Waals surface area contributed by atoms with Crippen LogP contribution in [0.2, 0.25) is 0 Å². The molecule has 1 aromatic carbocycles. The molecule has 6 nitrogen and oxygen atoms in total. The zero-order chi connectivity index (χ0) is 15.6. The average Bonchev–Trinajstić information content (AvgIpc) is 2.90. The van der Waals surface area contributed by atoms with Gasteiger partial charge in [0.25, 0.3) is 0 Å². The summed E-state index contributed by atoms with van der Waals surface area (Å²) in [6.07, 6.45) is 0.793. The molecular weight excluding hydrogens is 394 g/mol. The Hall–Kier alpha value is -0.670. The minimum absolute atomic E-state index is 0. The number of anilines is 1. The van der Waals surface area contributed by atoms with Gasteiger partial charge in [0.1, 0.15) is 0 Å². The molecule has 1 atom stereocenters. The Kier molecular flexibility index (Phi) is 6.82. The number of rotatable bonds is 4. The standard InChI is InChI=1S/C13H18BrN3O3S.ClH/c1-9(18)16-13-3-2-11(6-12(13)14)21(19,20)17-5-4-10(7-15)8-17;/h2-3,6,10H,4-5,7-8,15H2,1H3,(H,16,18);1H. The van der Waals surface area contributed by atoms with Crippen LogP contribution in [0.5, 0.6) is 0 Å². The van der Waals surface area contributed by atoms with Gasteiger partial charge in [-0.2, -0.15) is 4.31 Å². The fraction of sp³-hybridized carbons (Fsp3) is 0.462. The Morgan fingerprint density at radius 1 is 1.50 bits per heavy atom. The van der Waals surface area contributed by atoms with Crippen LogP contribution in [0.25, 0.3) is 0 Å². The van der Waals surface area contributed by atoms with Gasteiger partial charge < -0.3 is 11.1 Å². The predicted molar refractivity (Wildman–Crippen MR) is 91.6 cm³/mol. The molecule has 1 saturated heterocycles. The predicted octanol–water partition coefficient (Wildman–Crippen LogP) is 1.80. The fourth-order valence-corrected chi connectivity index (χ4v) is 4.49. The van der Waals surface area contributed by atoms with Crippen LogP contribution in [-0.2, 0) is 14.8 Å². The summed E-state index contributed by atoms with van der Waals surface area (Å²) in [5.74, 6) is 0.0125. The molecule has 0 saturated carbocycles. The van der Waals surface area contributed by atoms with Gasteiger partial charge in [0.2, 0.25) is 15.9 Å². The minimum Gasteiger partial charge on any atom is -0.330 e. The van der Waals surface area contributed by atoms with Crippen molar-refractivity contribution in [1.82, 2.24) is 4.31 Å². The molecule has 1 heterocycles. The van der Waals surface area contributed by atoms with Crippen molar-refractivity contribution in [2.75, 3.05) is 25.0 Å². The fourth-order valence-electron chi connectivity index (χ4n) is 2.30. The van der Waals surface area contributed by atoms with Crippen molar-refractivity contribution in [3.05, 3.63) is 22.7 Å². The van der Waals surface area contributed by atoms with Gasteiger partial charge in [-0.15, -0.1) is 12.4 Å². The maximum absolute atomic E-state index is 12.6. The number of carbonyl (C=O) groups excluding carboxylic acids is 1. The summed E-state index contributed by atoms with van der Waals surface area (Å²) in [5.41, 5.74) is 6.14. The molecular formula is C13H19BrClN3O3S. The molecule has 124 valence electrons. The molecule has 0 bridgehead atoms. The van der Waals surface area contributed by atoms with Crippen LogP contribution in [-0.4, -0.2) is 38.3 Å². The van der Waals surface area contributed by atoms with E-state index in [-0.39, 0.29) is 29.1 Å². The van der Waals surface area contributed by atoms with E-state index in [1.165, 1.54) is 23.4 Å². The van der Waals surface area contributed by atoms with E-state index in [0.29, 0.717) is 29.8 Å². The normalized spacial score (nSPS) is 18.8. The molecule has 1 amide bonds. The Labute approximate surface area is 145 Å². The number of hydrogen-bond acceptors (Lipinski definition) is 4. The van der Waals surface area contributed by atoms with Crippen molar-refractivity contribution in [2.45, 2.75) is 18.2 Å². The number of halogens is 2. The first-order valence-corrected chi connectivity index (χ1v) is 8.85. The SMILES string of the molecule is CC(=O)Nc1ccc(S(=O)(=O)N2CCC(CN)C2)cc1Br.Cl. The molecule has 9 heteroatoms. The number of nitrogens with zero attached hydrogens (tertiary/aromatic N) is 1. The first-order valence-electron chi connectivity index (χ1n) is 6.62. The van der Waals surface area contributed by atoms with Crippen LogP contribution in [0, 0.1) is 5.92 Å². The van der Waals surface area contributed by atoms with E-state index < -0.39 is 10.0 Å². The molecule has 1 aliphatic rings. The summed E-state index contributed by atoms with van der Waals surface area (Å²) in [6, 6.07) is 4.59. The first kappa shape index (κ1) is 19.4. The van der Waals surface area contributed by atoms with Gasteiger partial charge in [-0.25, -0.2) is 8.42 Å². The Bertz CT molecular complexity index is 654. The van der Waals surface area contributed by atoms with E-state index in [1.807, 2.05) is 0 Å². The van der Waals surface area contributed by atoms with Crippen molar-refractivity contribution >= 4 is 50.0 Å². The Balaban J connectivity index is 0.00000242. The van der Waals surface area contributed by atoms with Crippen molar-refractivity contribution < 1.29 is 13.2 Å². The average molecular weight is 413 g/mol. The quantitative estimate of drug-likeness (QED) is 0.788. The lowest BCUT2D eigenvalue weighted by atomic mass is 10.1. The third-order valence-corrected chi connectivity index (χ3v) is 5.99. The number of hydrogen-bond donors (Lipinski definition) is 2. The van der Waals surface area contributed by atoms with E-state index in [4.69, 9.17) is 5.73 Å². The maximum Gasteiger partial charge on any atom is 0.243 e. The first-order chi connectivity index (χ1) is 9.84. The Morgan fingerprint density at radius 3 is 2.68 bits per heavy atom. The van der Waals surface area contributed by atoms with Crippen LogP contribution >= 0.6 is 28.3 Å². The molecule has 0 spiro atoms. The Morgan fingerprint density at radius 2 is 2.18 bits per heavy atom. The van der Waals surface area contributed by atoms with Gasteiger partial charge in [0.15, 0.2) is 0 Å². The zero-order valence-corrected chi connectivity index (χ0v) is 15.3. The topological polar surface area (TPSA) is 92.5 Å². The van der Waals surface area contributed by atoms with Crippen LogP contribution in [0.3, 0.4) is 0 Å².